The summed E-state index contributed by atoms with van der Waals surface area (Å²) in [5.74, 6) is -1.04. The van der Waals surface area contributed by atoms with Crippen LogP contribution in [0.3, 0.4) is 0 Å². The van der Waals surface area contributed by atoms with E-state index in [1.54, 1.807) is 24.3 Å². The lowest BCUT2D eigenvalue weighted by molar-refractivity contribution is 0.101. The van der Waals surface area contributed by atoms with Gasteiger partial charge in [0, 0.05) is 5.69 Å². The SMILES string of the molecule is COc1cc(=O)c(C(=O)Nc2cccc(C)c2)nn1-c1cccc(F)c1. The summed E-state index contributed by atoms with van der Waals surface area (Å²) in [4.78, 5) is 24.8. The van der Waals surface area contributed by atoms with Crippen LogP contribution in [-0.2, 0) is 0 Å². The fourth-order valence-electron chi connectivity index (χ4n) is 2.45. The van der Waals surface area contributed by atoms with Crippen molar-refractivity contribution in [1.82, 2.24) is 9.78 Å². The molecule has 2 aromatic carbocycles. The van der Waals surface area contributed by atoms with Gasteiger partial charge in [-0.15, -0.1) is 0 Å². The largest absolute Gasteiger partial charge is 0.481 e. The molecule has 0 aliphatic carbocycles. The number of hydrogen-bond donors (Lipinski definition) is 1. The second-order valence-electron chi connectivity index (χ2n) is 5.61. The van der Waals surface area contributed by atoms with E-state index in [-0.39, 0.29) is 11.6 Å². The van der Waals surface area contributed by atoms with E-state index >= 15 is 0 Å². The van der Waals surface area contributed by atoms with Gasteiger partial charge in [0.25, 0.3) is 5.91 Å². The normalized spacial score (nSPS) is 10.4. The Kier molecular flexibility index (Phi) is 4.79. The Morgan fingerprint density at radius 2 is 1.92 bits per heavy atom. The van der Waals surface area contributed by atoms with E-state index in [4.69, 9.17) is 4.74 Å². The van der Waals surface area contributed by atoms with E-state index < -0.39 is 17.2 Å². The van der Waals surface area contributed by atoms with E-state index in [0.29, 0.717) is 11.4 Å². The molecule has 1 heterocycles. The van der Waals surface area contributed by atoms with Crippen molar-refractivity contribution in [1.29, 1.82) is 0 Å². The van der Waals surface area contributed by atoms with Gasteiger partial charge < -0.3 is 10.1 Å². The average Bonchev–Trinajstić information content (AvgIpc) is 2.61. The molecule has 0 bridgehead atoms. The second-order valence-corrected chi connectivity index (χ2v) is 5.61. The summed E-state index contributed by atoms with van der Waals surface area (Å²) < 4.78 is 19.9. The summed E-state index contributed by atoms with van der Waals surface area (Å²) in [6.07, 6.45) is 0. The zero-order valence-electron chi connectivity index (χ0n) is 14.2. The molecule has 1 N–H and O–H groups in total. The maximum absolute atomic E-state index is 13.5. The van der Waals surface area contributed by atoms with Crippen LogP contribution in [0.5, 0.6) is 5.88 Å². The van der Waals surface area contributed by atoms with Gasteiger partial charge in [0.05, 0.1) is 18.9 Å². The van der Waals surface area contributed by atoms with Gasteiger partial charge >= 0.3 is 0 Å². The van der Waals surface area contributed by atoms with Crippen LogP contribution in [-0.4, -0.2) is 22.8 Å². The van der Waals surface area contributed by atoms with Crippen LogP contribution in [0.4, 0.5) is 10.1 Å². The zero-order valence-corrected chi connectivity index (χ0v) is 14.2. The molecule has 0 unspecified atom stereocenters. The Labute approximate surface area is 148 Å². The molecule has 0 radical (unpaired) electrons. The Hall–Kier alpha value is -3.48. The number of carbonyl (C=O) groups excluding carboxylic acids is 1. The first-order chi connectivity index (χ1) is 12.5. The molecule has 0 atom stereocenters. The molecule has 3 rings (SSSR count). The third-order valence-electron chi connectivity index (χ3n) is 3.65. The highest BCUT2D eigenvalue weighted by Crippen LogP contribution is 2.16. The summed E-state index contributed by atoms with van der Waals surface area (Å²) in [5.41, 5.74) is 0.912. The first-order valence-corrected chi connectivity index (χ1v) is 7.80. The maximum atomic E-state index is 13.5. The monoisotopic (exact) mass is 353 g/mol. The fourth-order valence-corrected chi connectivity index (χ4v) is 2.45. The van der Waals surface area contributed by atoms with Crippen LogP contribution < -0.4 is 15.5 Å². The number of methoxy groups -OCH3 is 1. The summed E-state index contributed by atoms with van der Waals surface area (Å²) in [6.45, 7) is 1.89. The summed E-state index contributed by atoms with van der Waals surface area (Å²) in [5, 5.41) is 6.71. The number of aryl methyl sites for hydroxylation is 1. The van der Waals surface area contributed by atoms with Gasteiger partial charge in [0.15, 0.2) is 5.69 Å². The van der Waals surface area contributed by atoms with E-state index in [0.717, 1.165) is 11.6 Å². The molecular formula is C19H16FN3O3. The van der Waals surface area contributed by atoms with Gasteiger partial charge in [-0.25, -0.2) is 9.07 Å². The van der Waals surface area contributed by atoms with E-state index in [1.165, 1.54) is 30.0 Å². The molecule has 132 valence electrons. The predicted molar refractivity (Wildman–Crippen MR) is 95.5 cm³/mol. The third kappa shape index (κ3) is 3.61. The number of nitrogens with one attached hydrogen (secondary N) is 1. The lowest BCUT2D eigenvalue weighted by Crippen LogP contribution is -2.26. The van der Waals surface area contributed by atoms with Gasteiger partial charge in [0.2, 0.25) is 11.3 Å². The van der Waals surface area contributed by atoms with Crippen LogP contribution in [0, 0.1) is 12.7 Å². The zero-order chi connectivity index (χ0) is 18.7. The number of halogens is 1. The summed E-state index contributed by atoms with van der Waals surface area (Å²) in [7, 11) is 1.36. The number of hydrogen-bond acceptors (Lipinski definition) is 4. The number of amides is 1. The highest BCUT2D eigenvalue weighted by molar-refractivity contribution is 6.02. The number of nitrogens with zero attached hydrogens (tertiary/aromatic N) is 2. The maximum Gasteiger partial charge on any atom is 0.280 e. The van der Waals surface area contributed by atoms with Crippen molar-refractivity contribution < 1.29 is 13.9 Å². The first-order valence-electron chi connectivity index (χ1n) is 7.80. The van der Waals surface area contributed by atoms with Crippen LogP contribution >= 0.6 is 0 Å². The van der Waals surface area contributed by atoms with Crippen LogP contribution in [0.2, 0.25) is 0 Å². The first kappa shape index (κ1) is 17.3. The van der Waals surface area contributed by atoms with Crippen molar-refractivity contribution in [3.05, 3.63) is 81.9 Å². The molecule has 0 aliphatic rings. The number of ether oxygens (including phenoxy) is 1. The second kappa shape index (κ2) is 7.18. The smallest absolute Gasteiger partial charge is 0.280 e. The Bertz CT molecular complexity index is 1030. The number of carbonyl (C=O) groups is 1. The van der Waals surface area contributed by atoms with Crippen molar-refractivity contribution in [3.8, 4) is 11.6 Å². The highest BCUT2D eigenvalue weighted by atomic mass is 19.1. The van der Waals surface area contributed by atoms with Gasteiger partial charge in [0.1, 0.15) is 5.82 Å². The minimum atomic E-state index is -0.659. The standard InChI is InChI=1S/C19H16FN3O3/c1-12-5-3-7-14(9-12)21-19(25)18-16(24)11-17(26-2)23(22-18)15-8-4-6-13(20)10-15/h3-11H,1-2H3,(H,21,25). The average molecular weight is 353 g/mol. The number of aromatic nitrogens is 2. The molecule has 3 aromatic rings. The fraction of sp³-hybridized carbons (Fsp3) is 0.105. The van der Waals surface area contributed by atoms with Gasteiger partial charge in [-0.2, -0.15) is 5.10 Å². The lowest BCUT2D eigenvalue weighted by atomic mass is 10.2. The van der Waals surface area contributed by atoms with E-state index in [1.807, 2.05) is 13.0 Å². The van der Waals surface area contributed by atoms with Crippen molar-refractivity contribution in [2.24, 2.45) is 0 Å². The minimum absolute atomic E-state index is 0.0905. The van der Waals surface area contributed by atoms with Crippen LogP contribution in [0.25, 0.3) is 5.69 Å². The van der Waals surface area contributed by atoms with E-state index in [9.17, 15) is 14.0 Å². The molecule has 0 saturated heterocycles. The van der Waals surface area contributed by atoms with Gasteiger partial charge in [-0.05, 0) is 42.8 Å². The lowest BCUT2D eigenvalue weighted by Gasteiger charge is -2.12. The van der Waals surface area contributed by atoms with E-state index in [2.05, 4.69) is 10.4 Å². The molecule has 0 spiro atoms. The number of anilines is 1. The summed E-state index contributed by atoms with van der Waals surface area (Å²) >= 11 is 0. The molecular weight excluding hydrogens is 337 g/mol. The number of rotatable bonds is 4. The Morgan fingerprint density at radius 1 is 1.15 bits per heavy atom. The quantitative estimate of drug-likeness (QED) is 0.783. The van der Waals surface area contributed by atoms with Crippen molar-refractivity contribution in [2.45, 2.75) is 6.92 Å². The molecule has 0 fully saturated rings. The predicted octanol–water partition coefficient (Wildman–Crippen LogP) is 2.94. The molecule has 6 nitrogen and oxygen atoms in total. The van der Waals surface area contributed by atoms with Gasteiger partial charge in [-0.1, -0.05) is 18.2 Å². The molecule has 0 saturated carbocycles. The molecule has 1 amide bonds. The molecule has 26 heavy (non-hydrogen) atoms. The van der Waals surface area contributed by atoms with Crippen LogP contribution in [0.1, 0.15) is 16.1 Å². The number of benzene rings is 2. The third-order valence-corrected chi connectivity index (χ3v) is 3.65. The van der Waals surface area contributed by atoms with Crippen LogP contribution in [0.15, 0.2) is 59.4 Å². The molecule has 0 aliphatic heterocycles. The van der Waals surface area contributed by atoms with Crippen molar-refractivity contribution in [2.75, 3.05) is 12.4 Å². The molecule has 1 aromatic heterocycles. The minimum Gasteiger partial charge on any atom is -0.481 e. The van der Waals surface area contributed by atoms with Crippen molar-refractivity contribution in [3.63, 3.8) is 0 Å². The molecule has 7 heteroatoms. The summed E-state index contributed by atoms with van der Waals surface area (Å²) in [6, 6.07) is 13.9. The Morgan fingerprint density at radius 3 is 2.62 bits per heavy atom. The highest BCUT2D eigenvalue weighted by Gasteiger charge is 2.17. The van der Waals surface area contributed by atoms with Crippen molar-refractivity contribution >= 4 is 11.6 Å². The van der Waals surface area contributed by atoms with Gasteiger partial charge in [-0.3, -0.25) is 9.59 Å². The Balaban J connectivity index is 2.03. The topological polar surface area (TPSA) is 73.2 Å².